The van der Waals surface area contributed by atoms with Crippen molar-refractivity contribution in [2.24, 2.45) is 5.92 Å². The summed E-state index contributed by atoms with van der Waals surface area (Å²) < 4.78 is 5.68. The Morgan fingerprint density at radius 1 is 1.39 bits per heavy atom. The van der Waals surface area contributed by atoms with Crippen molar-refractivity contribution in [3.8, 4) is 5.88 Å². The molecule has 18 heavy (non-hydrogen) atoms. The Bertz CT molecular complexity index is 358. The van der Waals surface area contributed by atoms with Gasteiger partial charge in [-0.3, -0.25) is 0 Å². The SMILES string of the molecule is CCCNc1cc(OCCC(C)C)nc(SC)n1. The summed E-state index contributed by atoms with van der Waals surface area (Å²) in [5.74, 6) is 2.15. The van der Waals surface area contributed by atoms with Crippen molar-refractivity contribution >= 4 is 17.6 Å². The predicted molar refractivity (Wildman–Crippen MR) is 77.5 cm³/mol. The van der Waals surface area contributed by atoms with E-state index in [-0.39, 0.29) is 0 Å². The first kappa shape index (κ1) is 15.1. The fraction of sp³-hybridized carbons (Fsp3) is 0.692. The highest BCUT2D eigenvalue weighted by atomic mass is 32.2. The highest BCUT2D eigenvalue weighted by Crippen LogP contribution is 2.19. The average Bonchev–Trinajstić information content (AvgIpc) is 2.35. The zero-order valence-corrected chi connectivity index (χ0v) is 12.5. The Hall–Kier alpha value is -0.970. The van der Waals surface area contributed by atoms with Crippen LogP contribution in [0.1, 0.15) is 33.6 Å². The van der Waals surface area contributed by atoms with Gasteiger partial charge in [0.2, 0.25) is 5.88 Å². The lowest BCUT2D eigenvalue weighted by Gasteiger charge is -2.10. The molecule has 0 spiro atoms. The van der Waals surface area contributed by atoms with Crippen LogP contribution in [0, 0.1) is 5.92 Å². The Labute approximate surface area is 114 Å². The van der Waals surface area contributed by atoms with E-state index in [1.807, 2.05) is 12.3 Å². The van der Waals surface area contributed by atoms with Crippen molar-refractivity contribution in [2.45, 2.75) is 38.8 Å². The lowest BCUT2D eigenvalue weighted by atomic mass is 10.1. The van der Waals surface area contributed by atoms with Gasteiger partial charge in [-0.05, 0) is 25.0 Å². The maximum absolute atomic E-state index is 5.68. The van der Waals surface area contributed by atoms with Crippen LogP contribution in [0.25, 0.3) is 0 Å². The van der Waals surface area contributed by atoms with Crippen LogP contribution in [0.5, 0.6) is 5.88 Å². The first-order valence-corrected chi connectivity index (χ1v) is 7.68. The number of anilines is 1. The third-order valence-electron chi connectivity index (χ3n) is 2.37. The summed E-state index contributed by atoms with van der Waals surface area (Å²) in [7, 11) is 0. The number of hydrogen-bond donors (Lipinski definition) is 1. The van der Waals surface area contributed by atoms with E-state index >= 15 is 0 Å². The molecule has 0 amide bonds. The fourth-order valence-electron chi connectivity index (χ4n) is 1.31. The number of hydrogen-bond acceptors (Lipinski definition) is 5. The van der Waals surface area contributed by atoms with Crippen LogP contribution in [0.15, 0.2) is 11.2 Å². The molecular weight excluding hydrogens is 246 g/mol. The number of ether oxygens (including phenoxy) is 1. The van der Waals surface area contributed by atoms with Crippen LogP contribution in [0.4, 0.5) is 5.82 Å². The van der Waals surface area contributed by atoms with E-state index < -0.39 is 0 Å². The van der Waals surface area contributed by atoms with E-state index in [4.69, 9.17) is 4.74 Å². The lowest BCUT2D eigenvalue weighted by molar-refractivity contribution is 0.277. The lowest BCUT2D eigenvalue weighted by Crippen LogP contribution is -2.07. The molecule has 102 valence electrons. The van der Waals surface area contributed by atoms with Gasteiger partial charge in [-0.1, -0.05) is 32.5 Å². The molecular formula is C13H23N3OS. The highest BCUT2D eigenvalue weighted by molar-refractivity contribution is 7.98. The van der Waals surface area contributed by atoms with Crippen molar-refractivity contribution in [3.05, 3.63) is 6.07 Å². The largest absolute Gasteiger partial charge is 0.477 e. The minimum Gasteiger partial charge on any atom is -0.477 e. The number of rotatable bonds is 8. The van der Waals surface area contributed by atoms with Crippen LogP contribution in [-0.2, 0) is 0 Å². The second-order valence-electron chi connectivity index (χ2n) is 4.54. The number of nitrogens with one attached hydrogen (secondary N) is 1. The van der Waals surface area contributed by atoms with Gasteiger partial charge in [0.15, 0.2) is 5.16 Å². The van der Waals surface area contributed by atoms with Gasteiger partial charge in [0.25, 0.3) is 0 Å². The van der Waals surface area contributed by atoms with Crippen LogP contribution in [0.2, 0.25) is 0 Å². The third kappa shape index (κ3) is 5.58. The van der Waals surface area contributed by atoms with E-state index in [0.29, 0.717) is 18.4 Å². The van der Waals surface area contributed by atoms with E-state index in [1.165, 1.54) is 11.8 Å². The van der Waals surface area contributed by atoms with Crippen molar-refractivity contribution in [1.29, 1.82) is 0 Å². The number of thioether (sulfide) groups is 1. The molecule has 1 N–H and O–H groups in total. The summed E-state index contributed by atoms with van der Waals surface area (Å²) in [6.07, 6.45) is 4.08. The Balaban J connectivity index is 2.64. The molecule has 4 nitrogen and oxygen atoms in total. The van der Waals surface area contributed by atoms with Crippen molar-refractivity contribution < 1.29 is 4.74 Å². The van der Waals surface area contributed by atoms with Gasteiger partial charge in [0.05, 0.1) is 6.61 Å². The normalized spacial score (nSPS) is 10.7. The third-order valence-corrected chi connectivity index (χ3v) is 2.91. The molecule has 1 rings (SSSR count). The van der Waals surface area contributed by atoms with E-state index in [9.17, 15) is 0 Å². The van der Waals surface area contributed by atoms with Gasteiger partial charge in [-0.2, -0.15) is 4.98 Å². The Morgan fingerprint density at radius 2 is 2.17 bits per heavy atom. The highest BCUT2D eigenvalue weighted by Gasteiger charge is 2.05. The zero-order valence-electron chi connectivity index (χ0n) is 11.7. The van der Waals surface area contributed by atoms with Crippen LogP contribution in [-0.4, -0.2) is 29.4 Å². The molecule has 0 unspecified atom stereocenters. The Morgan fingerprint density at radius 3 is 2.78 bits per heavy atom. The first-order chi connectivity index (χ1) is 8.65. The predicted octanol–water partition coefficient (Wildman–Crippen LogP) is 3.45. The minimum absolute atomic E-state index is 0.643. The molecule has 0 aliphatic heterocycles. The summed E-state index contributed by atoms with van der Waals surface area (Å²) in [6.45, 7) is 8.12. The fourth-order valence-corrected chi connectivity index (χ4v) is 1.68. The van der Waals surface area contributed by atoms with Gasteiger partial charge < -0.3 is 10.1 Å². The molecule has 0 aromatic carbocycles. The summed E-state index contributed by atoms with van der Waals surface area (Å²) >= 11 is 1.53. The molecule has 0 saturated heterocycles. The summed E-state index contributed by atoms with van der Waals surface area (Å²) in [5.41, 5.74) is 0. The van der Waals surface area contributed by atoms with Crippen molar-refractivity contribution in [1.82, 2.24) is 9.97 Å². The molecule has 0 atom stereocenters. The summed E-state index contributed by atoms with van der Waals surface area (Å²) in [6, 6.07) is 1.87. The Kier molecular flexibility index (Phi) is 6.86. The maximum atomic E-state index is 5.68. The van der Waals surface area contributed by atoms with Crippen LogP contribution in [0.3, 0.4) is 0 Å². The molecule has 1 aromatic rings. The average molecular weight is 269 g/mol. The van der Waals surface area contributed by atoms with Gasteiger partial charge in [0, 0.05) is 12.6 Å². The molecule has 1 aromatic heterocycles. The zero-order chi connectivity index (χ0) is 13.4. The molecule has 0 fully saturated rings. The minimum atomic E-state index is 0.643. The smallest absolute Gasteiger partial charge is 0.219 e. The molecule has 0 bridgehead atoms. The second-order valence-corrected chi connectivity index (χ2v) is 5.31. The molecule has 0 radical (unpaired) electrons. The maximum Gasteiger partial charge on any atom is 0.219 e. The first-order valence-electron chi connectivity index (χ1n) is 6.45. The van der Waals surface area contributed by atoms with Crippen molar-refractivity contribution in [2.75, 3.05) is 24.7 Å². The molecule has 1 heterocycles. The van der Waals surface area contributed by atoms with Gasteiger partial charge in [0.1, 0.15) is 5.82 Å². The van der Waals surface area contributed by atoms with Crippen molar-refractivity contribution in [3.63, 3.8) is 0 Å². The summed E-state index contributed by atoms with van der Waals surface area (Å²) in [5, 5.41) is 4.01. The molecule has 0 aliphatic carbocycles. The van der Waals surface area contributed by atoms with E-state index in [1.54, 1.807) is 0 Å². The quantitative estimate of drug-likeness (QED) is 0.578. The molecule has 0 saturated carbocycles. The van der Waals surface area contributed by atoms with Gasteiger partial charge in [-0.15, -0.1) is 0 Å². The molecule has 5 heteroatoms. The summed E-state index contributed by atoms with van der Waals surface area (Å²) in [4.78, 5) is 8.74. The topological polar surface area (TPSA) is 47.0 Å². The molecule has 0 aliphatic rings. The monoisotopic (exact) mass is 269 g/mol. The van der Waals surface area contributed by atoms with Crippen LogP contribution < -0.4 is 10.1 Å². The second kappa shape index (κ2) is 8.19. The number of nitrogens with zero attached hydrogens (tertiary/aromatic N) is 2. The van der Waals surface area contributed by atoms with Crippen LogP contribution >= 0.6 is 11.8 Å². The van der Waals surface area contributed by atoms with E-state index in [2.05, 4.69) is 36.1 Å². The van der Waals surface area contributed by atoms with Gasteiger partial charge in [-0.25, -0.2) is 4.98 Å². The standard InChI is InChI=1S/C13H23N3OS/c1-5-7-14-11-9-12(16-13(15-11)18-4)17-8-6-10(2)3/h9-10H,5-8H2,1-4H3,(H,14,15,16). The number of aromatic nitrogens is 2. The van der Waals surface area contributed by atoms with E-state index in [0.717, 1.165) is 30.4 Å². The van der Waals surface area contributed by atoms with Gasteiger partial charge >= 0.3 is 0 Å².